The van der Waals surface area contributed by atoms with Crippen LogP contribution in [0.2, 0.25) is 0 Å². The first-order valence-electron chi connectivity index (χ1n) is 6.79. The molecule has 5 heteroatoms. The van der Waals surface area contributed by atoms with Crippen molar-refractivity contribution in [3.63, 3.8) is 0 Å². The van der Waals surface area contributed by atoms with Crippen LogP contribution in [0.15, 0.2) is 46.9 Å². The van der Waals surface area contributed by atoms with Gasteiger partial charge in [0.05, 0.1) is 7.11 Å². The number of benzene rings is 2. The van der Waals surface area contributed by atoms with Gasteiger partial charge in [0.25, 0.3) is 0 Å². The molecule has 0 aliphatic carbocycles. The van der Waals surface area contributed by atoms with Crippen molar-refractivity contribution in [3.05, 3.63) is 58.1 Å². The van der Waals surface area contributed by atoms with Gasteiger partial charge in [0.1, 0.15) is 6.61 Å². The standard InChI is InChI=1S/C17H19BrO4/c1-19-15-10-14(18)13(17(20-2)21-3)9-16(15)22-11-12-7-5-4-6-8-12/h4-10,17H,11H2,1-3H3. The Hall–Kier alpha value is -1.56. The second kappa shape index (κ2) is 8.17. The second-order valence-corrected chi connectivity index (χ2v) is 5.46. The summed E-state index contributed by atoms with van der Waals surface area (Å²) in [6, 6.07) is 13.7. The van der Waals surface area contributed by atoms with Crippen molar-refractivity contribution in [1.82, 2.24) is 0 Å². The Morgan fingerprint density at radius 2 is 1.64 bits per heavy atom. The van der Waals surface area contributed by atoms with Gasteiger partial charge < -0.3 is 18.9 Å². The van der Waals surface area contributed by atoms with E-state index in [-0.39, 0.29) is 0 Å². The molecule has 0 saturated heterocycles. The van der Waals surface area contributed by atoms with Gasteiger partial charge >= 0.3 is 0 Å². The second-order valence-electron chi connectivity index (χ2n) is 4.60. The molecule has 0 N–H and O–H groups in total. The van der Waals surface area contributed by atoms with Crippen molar-refractivity contribution in [2.24, 2.45) is 0 Å². The van der Waals surface area contributed by atoms with Gasteiger partial charge in [-0.3, -0.25) is 0 Å². The minimum Gasteiger partial charge on any atom is -0.493 e. The van der Waals surface area contributed by atoms with Crippen LogP contribution in [-0.4, -0.2) is 21.3 Å². The first kappa shape index (κ1) is 16.8. The van der Waals surface area contributed by atoms with E-state index in [0.29, 0.717) is 18.1 Å². The maximum atomic E-state index is 5.89. The number of hydrogen-bond acceptors (Lipinski definition) is 4. The Morgan fingerprint density at radius 3 is 2.23 bits per heavy atom. The summed E-state index contributed by atoms with van der Waals surface area (Å²) in [4.78, 5) is 0. The molecule has 0 saturated carbocycles. The summed E-state index contributed by atoms with van der Waals surface area (Å²) >= 11 is 3.50. The van der Waals surface area contributed by atoms with Crippen LogP contribution in [0.5, 0.6) is 11.5 Å². The summed E-state index contributed by atoms with van der Waals surface area (Å²) in [5.41, 5.74) is 1.93. The highest BCUT2D eigenvalue weighted by molar-refractivity contribution is 9.10. The molecule has 0 atom stereocenters. The normalized spacial score (nSPS) is 10.8. The Labute approximate surface area is 139 Å². The van der Waals surface area contributed by atoms with Crippen LogP contribution in [0.4, 0.5) is 0 Å². The van der Waals surface area contributed by atoms with E-state index in [2.05, 4.69) is 15.9 Å². The molecule has 4 nitrogen and oxygen atoms in total. The lowest BCUT2D eigenvalue weighted by Crippen LogP contribution is -2.06. The molecule has 0 amide bonds. The highest BCUT2D eigenvalue weighted by Gasteiger charge is 2.17. The molecule has 0 bridgehead atoms. The lowest BCUT2D eigenvalue weighted by Gasteiger charge is -2.18. The Kier molecular flexibility index (Phi) is 6.24. The molecule has 0 aliphatic heterocycles. The highest BCUT2D eigenvalue weighted by atomic mass is 79.9. The van der Waals surface area contributed by atoms with E-state index in [9.17, 15) is 0 Å². The lowest BCUT2D eigenvalue weighted by molar-refractivity contribution is -0.106. The third kappa shape index (κ3) is 4.00. The highest BCUT2D eigenvalue weighted by Crippen LogP contribution is 2.37. The number of hydrogen-bond donors (Lipinski definition) is 0. The molecule has 0 radical (unpaired) electrons. The molecule has 2 aromatic carbocycles. The largest absolute Gasteiger partial charge is 0.493 e. The Morgan fingerprint density at radius 1 is 0.955 bits per heavy atom. The molecule has 0 aliphatic rings. The molecule has 0 spiro atoms. The monoisotopic (exact) mass is 366 g/mol. The first-order chi connectivity index (χ1) is 10.7. The van der Waals surface area contributed by atoms with Crippen LogP contribution >= 0.6 is 15.9 Å². The van der Waals surface area contributed by atoms with E-state index in [0.717, 1.165) is 15.6 Å². The molecule has 2 rings (SSSR count). The summed E-state index contributed by atoms with van der Waals surface area (Å²) in [5, 5.41) is 0. The number of rotatable bonds is 7. The molecule has 2 aromatic rings. The van der Waals surface area contributed by atoms with Gasteiger partial charge in [0.2, 0.25) is 0 Å². The van der Waals surface area contributed by atoms with Crippen LogP contribution < -0.4 is 9.47 Å². The van der Waals surface area contributed by atoms with Gasteiger partial charge in [-0.1, -0.05) is 46.3 Å². The van der Waals surface area contributed by atoms with Gasteiger partial charge in [0.15, 0.2) is 17.8 Å². The summed E-state index contributed by atoms with van der Waals surface area (Å²) in [6.07, 6.45) is -0.473. The predicted molar refractivity (Wildman–Crippen MR) is 88.2 cm³/mol. The summed E-state index contributed by atoms with van der Waals surface area (Å²) < 4.78 is 22.7. The maximum Gasteiger partial charge on any atom is 0.184 e. The van der Waals surface area contributed by atoms with Crippen molar-refractivity contribution in [2.45, 2.75) is 12.9 Å². The molecule has 0 unspecified atom stereocenters. The zero-order valence-corrected chi connectivity index (χ0v) is 14.4. The van der Waals surface area contributed by atoms with Gasteiger partial charge in [-0.2, -0.15) is 0 Å². The third-order valence-corrected chi connectivity index (χ3v) is 3.89. The van der Waals surface area contributed by atoms with E-state index in [1.165, 1.54) is 0 Å². The number of methoxy groups -OCH3 is 3. The van der Waals surface area contributed by atoms with Gasteiger partial charge in [-0.25, -0.2) is 0 Å². The van der Waals surface area contributed by atoms with Crippen molar-refractivity contribution in [1.29, 1.82) is 0 Å². The van der Waals surface area contributed by atoms with E-state index in [1.54, 1.807) is 21.3 Å². The lowest BCUT2D eigenvalue weighted by atomic mass is 10.2. The third-order valence-electron chi connectivity index (χ3n) is 3.20. The SMILES string of the molecule is COc1cc(Br)c(C(OC)OC)cc1OCc1ccccc1. The minimum atomic E-state index is -0.473. The molecule has 118 valence electrons. The summed E-state index contributed by atoms with van der Waals surface area (Å²) in [5.74, 6) is 1.29. The molecule has 22 heavy (non-hydrogen) atoms. The summed E-state index contributed by atoms with van der Waals surface area (Å²) in [7, 11) is 4.80. The topological polar surface area (TPSA) is 36.9 Å². The molecular weight excluding hydrogens is 348 g/mol. The average molecular weight is 367 g/mol. The molecule has 0 aromatic heterocycles. The summed E-state index contributed by atoms with van der Waals surface area (Å²) in [6.45, 7) is 0.461. The van der Waals surface area contributed by atoms with E-state index in [4.69, 9.17) is 18.9 Å². The quantitative estimate of drug-likeness (QED) is 0.683. The smallest absolute Gasteiger partial charge is 0.184 e. The van der Waals surface area contributed by atoms with Gasteiger partial charge in [0, 0.05) is 24.3 Å². The van der Waals surface area contributed by atoms with Crippen LogP contribution in [0.3, 0.4) is 0 Å². The van der Waals surface area contributed by atoms with Crippen LogP contribution in [0.1, 0.15) is 17.4 Å². The van der Waals surface area contributed by atoms with E-state index < -0.39 is 6.29 Å². The van der Waals surface area contributed by atoms with Crippen LogP contribution in [0, 0.1) is 0 Å². The van der Waals surface area contributed by atoms with E-state index >= 15 is 0 Å². The number of halogens is 1. The Balaban J connectivity index is 2.26. The average Bonchev–Trinajstić information content (AvgIpc) is 2.56. The molecular formula is C17H19BrO4. The Bertz CT molecular complexity index is 597. The van der Waals surface area contributed by atoms with E-state index in [1.807, 2.05) is 42.5 Å². The molecule has 0 fully saturated rings. The van der Waals surface area contributed by atoms with Crippen molar-refractivity contribution in [3.8, 4) is 11.5 Å². The van der Waals surface area contributed by atoms with Crippen molar-refractivity contribution in [2.75, 3.05) is 21.3 Å². The predicted octanol–water partition coefficient (Wildman–Crippen LogP) is 4.33. The van der Waals surface area contributed by atoms with Crippen LogP contribution in [-0.2, 0) is 16.1 Å². The fourth-order valence-corrected chi connectivity index (χ4v) is 2.60. The van der Waals surface area contributed by atoms with Crippen LogP contribution in [0.25, 0.3) is 0 Å². The van der Waals surface area contributed by atoms with Crippen molar-refractivity contribution < 1.29 is 18.9 Å². The fourth-order valence-electron chi connectivity index (χ4n) is 2.09. The first-order valence-corrected chi connectivity index (χ1v) is 7.58. The van der Waals surface area contributed by atoms with Crippen molar-refractivity contribution >= 4 is 15.9 Å². The molecule has 0 heterocycles. The zero-order chi connectivity index (χ0) is 15.9. The maximum absolute atomic E-state index is 5.89. The van der Waals surface area contributed by atoms with Gasteiger partial charge in [-0.05, 0) is 17.7 Å². The fraction of sp³-hybridized carbons (Fsp3) is 0.294. The number of ether oxygens (including phenoxy) is 4. The zero-order valence-electron chi connectivity index (χ0n) is 12.8. The van der Waals surface area contributed by atoms with Gasteiger partial charge in [-0.15, -0.1) is 0 Å². The minimum absolute atomic E-state index is 0.461.